The monoisotopic (exact) mass is 294 g/mol. The minimum atomic E-state index is -0.917. The normalized spacial score (nSPS) is 22.0. The van der Waals surface area contributed by atoms with E-state index < -0.39 is 11.6 Å². The summed E-state index contributed by atoms with van der Waals surface area (Å²) in [5.41, 5.74) is 1.50. The maximum Gasteiger partial charge on any atom is 0.295 e. The highest BCUT2D eigenvalue weighted by Crippen LogP contribution is 2.50. The van der Waals surface area contributed by atoms with Crippen LogP contribution in [0.4, 0.5) is 11.4 Å². The van der Waals surface area contributed by atoms with E-state index in [0.717, 1.165) is 16.9 Å². The number of benzene rings is 2. The Kier molecular flexibility index (Phi) is 2.48. The first-order valence-electron chi connectivity index (χ1n) is 6.94. The molecule has 22 heavy (non-hydrogen) atoms. The van der Waals surface area contributed by atoms with Crippen LogP contribution in [-0.2, 0) is 10.5 Å². The van der Waals surface area contributed by atoms with Gasteiger partial charge in [0, 0.05) is 11.6 Å². The fourth-order valence-corrected chi connectivity index (χ4v) is 3.11. The Morgan fingerprint density at radius 2 is 2.00 bits per heavy atom. The van der Waals surface area contributed by atoms with Crippen molar-refractivity contribution in [1.82, 2.24) is 0 Å². The largest absolute Gasteiger partial charge is 0.503 e. The van der Waals surface area contributed by atoms with E-state index in [2.05, 4.69) is 5.32 Å². The molecule has 110 valence electrons. The van der Waals surface area contributed by atoms with E-state index in [1.54, 1.807) is 18.1 Å². The first kappa shape index (κ1) is 12.8. The van der Waals surface area contributed by atoms with Crippen molar-refractivity contribution < 1.29 is 14.6 Å². The summed E-state index contributed by atoms with van der Waals surface area (Å²) < 4.78 is 5.28. The third kappa shape index (κ3) is 1.50. The first-order valence-corrected chi connectivity index (χ1v) is 6.94. The molecule has 0 bridgehead atoms. The minimum absolute atomic E-state index is 0.259. The quantitative estimate of drug-likeness (QED) is 0.894. The summed E-state index contributed by atoms with van der Waals surface area (Å²) in [6.07, 6.45) is 1.55. The van der Waals surface area contributed by atoms with E-state index in [1.165, 1.54) is 0 Å². The molecule has 0 radical (unpaired) electrons. The van der Waals surface area contributed by atoms with Crippen LogP contribution < -0.4 is 15.0 Å². The lowest BCUT2D eigenvalue weighted by Crippen LogP contribution is -2.45. The summed E-state index contributed by atoms with van der Waals surface area (Å²) in [6.45, 7) is 0. The van der Waals surface area contributed by atoms with Crippen LogP contribution >= 0.6 is 0 Å². The van der Waals surface area contributed by atoms with E-state index in [4.69, 9.17) is 4.74 Å². The van der Waals surface area contributed by atoms with E-state index in [-0.39, 0.29) is 5.76 Å². The van der Waals surface area contributed by atoms with Crippen LogP contribution in [-0.4, -0.2) is 18.1 Å². The van der Waals surface area contributed by atoms with Crippen molar-refractivity contribution in [2.24, 2.45) is 0 Å². The van der Waals surface area contributed by atoms with Gasteiger partial charge in [-0.2, -0.15) is 0 Å². The highest BCUT2D eigenvalue weighted by Gasteiger charge is 2.52. The van der Waals surface area contributed by atoms with Crippen molar-refractivity contribution in [3.63, 3.8) is 0 Å². The van der Waals surface area contributed by atoms with Gasteiger partial charge >= 0.3 is 0 Å². The van der Waals surface area contributed by atoms with Crippen LogP contribution in [0, 0.1) is 0 Å². The highest BCUT2D eigenvalue weighted by atomic mass is 16.5. The molecule has 5 nitrogen and oxygen atoms in total. The molecule has 1 unspecified atom stereocenters. The fraction of sp³-hybridized carbons (Fsp3) is 0.118. The maximum absolute atomic E-state index is 12.4. The molecule has 2 N–H and O–H groups in total. The van der Waals surface area contributed by atoms with Crippen molar-refractivity contribution in [3.8, 4) is 5.75 Å². The molecule has 5 heteroatoms. The Morgan fingerprint density at radius 1 is 1.18 bits per heavy atom. The summed E-state index contributed by atoms with van der Waals surface area (Å²) in [7, 11) is 1.60. The third-order valence-corrected chi connectivity index (χ3v) is 4.10. The number of hydrogen-bond acceptors (Lipinski definition) is 4. The molecule has 2 aliphatic rings. The molecule has 4 rings (SSSR count). The molecule has 0 spiro atoms. The number of hydrogen-bond donors (Lipinski definition) is 2. The van der Waals surface area contributed by atoms with Gasteiger partial charge in [-0.15, -0.1) is 0 Å². The molecule has 0 saturated carbocycles. The SMILES string of the molecule is COc1cccc(C23C=C(O)C(=O)N2c2ccccc2N3)c1. The number of rotatable bonds is 2. The van der Waals surface area contributed by atoms with Gasteiger partial charge in [-0.3, -0.25) is 9.69 Å². The van der Waals surface area contributed by atoms with Crippen LogP contribution in [0.1, 0.15) is 5.56 Å². The van der Waals surface area contributed by atoms with Crippen LogP contribution in [0.5, 0.6) is 5.75 Å². The maximum atomic E-state index is 12.4. The number of carbonyl (C=O) groups is 1. The van der Waals surface area contributed by atoms with Crippen LogP contribution in [0.2, 0.25) is 0 Å². The second-order valence-electron chi connectivity index (χ2n) is 5.31. The standard InChI is InChI=1S/C17H14N2O3/c1-22-12-6-4-5-11(9-12)17-10-15(20)16(21)19(17)14-8-3-2-7-13(14)18-17/h2-10,18,20H,1H3. The molecule has 1 atom stereocenters. The van der Waals surface area contributed by atoms with Gasteiger partial charge in [0.2, 0.25) is 0 Å². The Labute approximate surface area is 127 Å². The number of carbonyl (C=O) groups excluding carboxylic acids is 1. The molecule has 2 aromatic rings. The Bertz CT molecular complexity index is 815. The number of aliphatic hydroxyl groups is 1. The van der Waals surface area contributed by atoms with Crippen molar-refractivity contribution in [2.75, 3.05) is 17.3 Å². The van der Waals surface area contributed by atoms with Crippen molar-refractivity contribution >= 4 is 17.3 Å². The molecular formula is C17H14N2O3. The molecule has 1 amide bonds. The predicted octanol–water partition coefficient (Wildman–Crippen LogP) is 2.76. The van der Waals surface area contributed by atoms with Crippen molar-refractivity contribution in [3.05, 3.63) is 65.9 Å². The highest BCUT2D eigenvalue weighted by molar-refractivity contribution is 6.13. The number of methoxy groups -OCH3 is 1. The zero-order valence-electron chi connectivity index (χ0n) is 11.9. The van der Waals surface area contributed by atoms with Crippen LogP contribution in [0.25, 0.3) is 0 Å². The molecular weight excluding hydrogens is 280 g/mol. The number of aliphatic hydroxyl groups excluding tert-OH is 1. The van der Waals surface area contributed by atoms with E-state index in [9.17, 15) is 9.90 Å². The van der Waals surface area contributed by atoms with Gasteiger partial charge in [0.25, 0.3) is 5.91 Å². The molecule has 2 heterocycles. The predicted molar refractivity (Wildman–Crippen MR) is 82.9 cm³/mol. The number of para-hydroxylation sites is 2. The number of nitrogens with one attached hydrogen (secondary N) is 1. The summed E-state index contributed by atoms with van der Waals surface area (Å²) >= 11 is 0. The smallest absolute Gasteiger partial charge is 0.295 e. The third-order valence-electron chi connectivity index (χ3n) is 4.10. The molecule has 0 aliphatic carbocycles. The van der Waals surface area contributed by atoms with Crippen LogP contribution in [0.3, 0.4) is 0 Å². The van der Waals surface area contributed by atoms with E-state index in [0.29, 0.717) is 5.75 Å². The summed E-state index contributed by atoms with van der Waals surface area (Å²) in [4.78, 5) is 14.0. The number of amides is 1. The Balaban J connectivity index is 1.94. The van der Waals surface area contributed by atoms with Gasteiger partial charge in [0.1, 0.15) is 5.75 Å². The van der Waals surface area contributed by atoms with Gasteiger partial charge in [0.05, 0.1) is 18.5 Å². The van der Waals surface area contributed by atoms with Crippen LogP contribution in [0.15, 0.2) is 60.4 Å². The van der Waals surface area contributed by atoms with Gasteiger partial charge in [0.15, 0.2) is 11.4 Å². The van der Waals surface area contributed by atoms with Gasteiger partial charge in [-0.25, -0.2) is 0 Å². The van der Waals surface area contributed by atoms with E-state index in [1.807, 2.05) is 48.5 Å². The second-order valence-corrected chi connectivity index (χ2v) is 5.31. The van der Waals surface area contributed by atoms with Gasteiger partial charge < -0.3 is 15.2 Å². The second kappa shape index (κ2) is 4.27. The molecule has 2 aliphatic heterocycles. The average Bonchev–Trinajstić information content (AvgIpc) is 3.00. The first-order chi connectivity index (χ1) is 10.7. The lowest BCUT2D eigenvalue weighted by molar-refractivity contribution is -0.117. The summed E-state index contributed by atoms with van der Waals surface area (Å²) in [6, 6.07) is 15.0. The van der Waals surface area contributed by atoms with Gasteiger partial charge in [-0.05, 0) is 24.3 Å². The molecule has 0 fully saturated rings. The molecule has 2 aromatic carbocycles. The lowest BCUT2D eigenvalue weighted by atomic mass is 9.99. The Hall–Kier alpha value is -2.95. The fourth-order valence-electron chi connectivity index (χ4n) is 3.11. The number of ether oxygens (including phenoxy) is 1. The zero-order valence-corrected chi connectivity index (χ0v) is 11.9. The molecule has 0 saturated heterocycles. The molecule has 0 aromatic heterocycles. The summed E-state index contributed by atoms with van der Waals surface area (Å²) in [5.74, 6) is 0.0157. The van der Waals surface area contributed by atoms with E-state index >= 15 is 0 Å². The summed E-state index contributed by atoms with van der Waals surface area (Å²) in [5, 5.41) is 13.3. The average molecular weight is 294 g/mol. The topological polar surface area (TPSA) is 61.8 Å². The zero-order chi connectivity index (χ0) is 15.3. The Morgan fingerprint density at radius 3 is 2.82 bits per heavy atom. The van der Waals surface area contributed by atoms with Crippen molar-refractivity contribution in [2.45, 2.75) is 5.66 Å². The lowest BCUT2D eigenvalue weighted by Gasteiger charge is -2.31. The number of anilines is 2. The minimum Gasteiger partial charge on any atom is -0.503 e. The van der Waals surface area contributed by atoms with Crippen molar-refractivity contribution in [1.29, 1.82) is 0 Å². The van der Waals surface area contributed by atoms with Gasteiger partial charge in [-0.1, -0.05) is 24.3 Å². The number of nitrogens with zero attached hydrogens (tertiary/aromatic N) is 1. The number of fused-ring (bicyclic) bond motifs is 3.